The van der Waals surface area contributed by atoms with Crippen molar-refractivity contribution in [2.75, 3.05) is 13.2 Å². The monoisotopic (exact) mass is 283 g/mol. The van der Waals surface area contributed by atoms with E-state index in [9.17, 15) is 0 Å². The first-order valence-electron chi connectivity index (χ1n) is 7.13. The molecule has 0 bridgehead atoms. The van der Waals surface area contributed by atoms with E-state index in [1.807, 2.05) is 36.7 Å². The predicted molar refractivity (Wildman–Crippen MR) is 84.2 cm³/mol. The number of imidazole rings is 1. The average Bonchev–Trinajstić information content (AvgIpc) is 2.94. The maximum absolute atomic E-state index is 5.79. The second kappa shape index (κ2) is 7.51. The Hall–Kier alpha value is -2.25. The van der Waals surface area contributed by atoms with Crippen molar-refractivity contribution in [2.24, 2.45) is 5.73 Å². The number of rotatable bonds is 5. The Morgan fingerprint density at radius 1 is 1.38 bits per heavy atom. The molecule has 0 aliphatic carbocycles. The van der Waals surface area contributed by atoms with Gasteiger partial charge in [0.05, 0.1) is 13.1 Å². The van der Waals surface area contributed by atoms with Crippen LogP contribution in [0.2, 0.25) is 0 Å². The molecule has 0 atom stereocenters. The van der Waals surface area contributed by atoms with E-state index in [0.717, 1.165) is 23.7 Å². The molecule has 1 heterocycles. The van der Waals surface area contributed by atoms with Gasteiger partial charge in [-0.05, 0) is 18.2 Å². The molecule has 2 N–H and O–H groups in total. The Morgan fingerprint density at radius 2 is 2.24 bits per heavy atom. The normalized spacial score (nSPS) is 10.3. The Kier molecular flexibility index (Phi) is 5.42. The summed E-state index contributed by atoms with van der Waals surface area (Å²) in [5.74, 6) is 8.16. The standard InChI is InChI=1S/C17H21N3O/c1-14(2)17-19-9-10-20(17)11-12-21-16-7-3-5-15(13-16)6-4-8-18/h3,5,7,9-10,13-14H,8,11-12,18H2,1-2H3. The number of nitrogens with two attached hydrogens (primary N) is 1. The third-order valence-corrected chi connectivity index (χ3v) is 3.03. The maximum Gasteiger partial charge on any atom is 0.120 e. The van der Waals surface area contributed by atoms with Gasteiger partial charge >= 0.3 is 0 Å². The summed E-state index contributed by atoms with van der Waals surface area (Å²) in [4.78, 5) is 4.37. The van der Waals surface area contributed by atoms with Crippen LogP contribution < -0.4 is 10.5 Å². The SMILES string of the molecule is CC(C)c1nccn1CCOc1cccc(C#CCN)c1. The van der Waals surface area contributed by atoms with Crippen molar-refractivity contribution in [3.05, 3.63) is 48.0 Å². The molecule has 21 heavy (non-hydrogen) atoms. The highest BCUT2D eigenvalue weighted by Gasteiger charge is 2.06. The van der Waals surface area contributed by atoms with Gasteiger partial charge in [-0.25, -0.2) is 4.98 Å². The first kappa shape index (κ1) is 15.1. The second-order valence-electron chi connectivity index (χ2n) is 5.02. The van der Waals surface area contributed by atoms with Crippen molar-refractivity contribution >= 4 is 0 Å². The Balaban J connectivity index is 1.93. The highest BCUT2D eigenvalue weighted by atomic mass is 16.5. The van der Waals surface area contributed by atoms with Crippen LogP contribution in [0.1, 0.15) is 31.2 Å². The largest absolute Gasteiger partial charge is 0.492 e. The summed E-state index contributed by atoms with van der Waals surface area (Å²) in [6, 6.07) is 7.75. The van der Waals surface area contributed by atoms with E-state index in [0.29, 0.717) is 19.1 Å². The van der Waals surface area contributed by atoms with Crippen LogP contribution in [0.25, 0.3) is 0 Å². The fraction of sp³-hybridized carbons (Fsp3) is 0.353. The molecule has 2 rings (SSSR count). The first-order valence-corrected chi connectivity index (χ1v) is 7.13. The quantitative estimate of drug-likeness (QED) is 0.857. The molecule has 4 heteroatoms. The first-order chi connectivity index (χ1) is 10.2. The smallest absolute Gasteiger partial charge is 0.120 e. The van der Waals surface area contributed by atoms with E-state index in [-0.39, 0.29) is 0 Å². The summed E-state index contributed by atoms with van der Waals surface area (Å²) in [6.45, 7) is 6.03. The molecule has 110 valence electrons. The molecular weight excluding hydrogens is 262 g/mol. The van der Waals surface area contributed by atoms with Crippen LogP contribution in [0.4, 0.5) is 0 Å². The molecule has 0 aliphatic heterocycles. The third-order valence-electron chi connectivity index (χ3n) is 3.03. The summed E-state index contributed by atoms with van der Waals surface area (Å²) in [5, 5.41) is 0. The minimum atomic E-state index is 0.365. The second-order valence-corrected chi connectivity index (χ2v) is 5.02. The zero-order chi connectivity index (χ0) is 15.1. The fourth-order valence-corrected chi connectivity index (χ4v) is 2.09. The Morgan fingerprint density at radius 3 is 3.00 bits per heavy atom. The van der Waals surface area contributed by atoms with Gasteiger partial charge in [0.2, 0.25) is 0 Å². The van der Waals surface area contributed by atoms with Crippen molar-refractivity contribution in [3.8, 4) is 17.6 Å². The minimum Gasteiger partial charge on any atom is -0.492 e. The average molecular weight is 283 g/mol. The van der Waals surface area contributed by atoms with E-state index < -0.39 is 0 Å². The number of benzene rings is 1. The van der Waals surface area contributed by atoms with Gasteiger partial charge in [0.25, 0.3) is 0 Å². The van der Waals surface area contributed by atoms with Gasteiger partial charge in [-0.2, -0.15) is 0 Å². The molecule has 0 saturated heterocycles. The fourth-order valence-electron chi connectivity index (χ4n) is 2.09. The van der Waals surface area contributed by atoms with Gasteiger partial charge in [0.1, 0.15) is 18.2 Å². The van der Waals surface area contributed by atoms with Crippen molar-refractivity contribution in [3.63, 3.8) is 0 Å². The van der Waals surface area contributed by atoms with Gasteiger partial charge in [-0.15, -0.1) is 0 Å². The summed E-state index contributed by atoms with van der Waals surface area (Å²) < 4.78 is 7.91. The third kappa shape index (κ3) is 4.37. The van der Waals surface area contributed by atoms with Gasteiger partial charge in [0.15, 0.2) is 0 Å². The molecule has 4 nitrogen and oxygen atoms in total. The summed E-state index contributed by atoms with van der Waals surface area (Å²) in [5.41, 5.74) is 6.29. The molecular formula is C17H21N3O. The topological polar surface area (TPSA) is 53.1 Å². The number of aromatic nitrogens is 2. The molecule has 0 aliphatic rings. The number of hydrogen-bond donors (Lipinski definition) is 1. The van der Waals surface area contributed by atoms with Gasteiger partial charge in [0, 0.05) is 23.9 Å². The van der Waals surface area contributed by atoms with E-state index in [1.165, 1.54) is 0 Å². The zero-order valence-electron chi connectivity index (χ0n) is 12.5. The van der Waals surface area contributed by atoms with Crippen molar-refractivity contribution in [2.45, 2.75) is 26.3 Å². The molecule has 0 fully saturated rings. The molecule has 0 amide bonds. The van der Waals surface area contributed by atoms with Gasteiger partial charge in [-0.3, -0.25) is 0 Å². The number of nitrogens with zero attached hydrogens (tertiary/aromatic N) is 2. The molecule has 0 radical (unpaired) electrons. The van der Waals surface area contributed by atoms with Crippen LogP contribution in [-0.4, -0.2) is 22.7 Å². The lowest BCUT2D eigenvalue weighted by Crippen LogP contribution is -2.11. The van der Waals surface area contributed by atoms with Crippen LogP contribution in [0.5, 0.6) is 5.75 Å². The lowest BCUT2D eigenvalue weighted by Gasteiger charge is -2.11. The lowest BCUT2D eigenvalue weighted by atomic mass is 10.2. The zero-order valence-corrected chi connectivity index (χ0v) is 12.5. The van der Waals surface area contributed by atoms with E-state index in [2.05, 4.69) is 35.2 Å². The van der Waals surface area contributed by atoms with Crippen LogP contribution in [0, 0.1) is 11.8 Å². The Labute approximate surface area is 125 Å². The van der Waals surface area contributed by atoms with E-state index in [1.54, 1.807) is 0 Å². The number of hydrogen-bond acceptors (Lipinski definition) is 3. The van der Waals surface area contributed by atoms with Crippen molar-refractivity contribution in [1.82, 2.24) is 9.55 Å². The van der Waals surface area contributed by atoms with Gasteiger partial charge < -0.3 is 15.0 Å². The summed E-state index contributed by atoms with van der Waals surface area (Å²) >= 11 is 0. The minimum absolute atomic E-state index is 0.365. The summed E-state index contributed by atoms with van der Waals surface area (Å²) in [7, 11) is 0. The van der Waals surface area contributed by atoms with Crippen LogP contribution in [-0.2, 0) is 6.54 Å². The maximum atomic E-state index is 5.79. The highest BCUT2D eigenvalue weighted by molar-refractivity contribution is 5.39. The highest BCUT2D eigenvalue weighted by Crippen LogP contribution is 2.14. The molecule has 0 saturated carbocycles. The van der Waals surface area contributed by atoms with Crippen LogP contribution in [0.15, 0.2) is 36.7 Å². The van der Waals surface area contributed by atoms with Gasteiger partial charge in [-0.1, -0.05) is 31.8 Å². The molecule has 1 aromatic carbocycles. The Bertz CT molecular complexity index is 635. The lowest BCUT2D eigenvalue weighted by molar-refractivity contribution is 0.295. The molecule has 0 spiro atoms. The van der Waals surface area contributed by atoms with Crippen molar-refractivity contribution < 1.29 is 4.74 Å². The van der Waals surface area contributed by atoms with E-state index in [4.69, 9.17) is 10.5 Å². The van der Waals surface area contributed by atoms with Crippen LogP contribution >= 0.6 is 0 Å². The number of ether oxygens (including phenoxy) is 1. The molecule has 2 aromatic rings. The van der Waals surface area contributed by atoms with E-state index >= 15 is 0 Å². The molecule has 1 aromatic heterocycles. The predicted octanol–water partition coefficient (Wildman–Crippen LogP) is 2.40. The molecule has 0 unspecified atom stereocenters. The van der Waals surface area contributed by atoms with Crippen molar-refractivity contribution in [1.29, 1.82) is 0 Å². The van der Waals surface area contributed by atoms with Crippen LogP contribution in [0.3, 0.4) is 0 Å². The summed E-state index contributed by atoms with van der Waals surface area (Å²) in [6.07, 6.45) is 3.82.